The third-order valence-corrected chi connectivity index (χ3v) is 4.99. The van der Waals surface area contributed by atoms with Gasteiger partial charge in [0.15, 0.2) is 0 Å². The molecule has 0 bridgehead atoms. The number of piperidine rings is 1. The highest BCUT2D eigenvalue weighted by molar-refractivity contribution is 4.89. The van der Waals surface area contributed by atoms with E-state index in [0.29, 0.717) is 18.6 Å². The zero-order chi connectivity index (χ0) is 15.1. The van der Waals surface area contributed by atoms with Gasteiger partial charge in [-0.3, -0.25) is 0 Å². The van der Waals surface area contributed by atoms with Crippen molar-refractivity contribution in [1.29, 1.82) is 0 Å². The van der Waals surface area contributed by atoms with Crippen LogP contribution in [-0.2, 0) is 4.74 Å². The van der Waals surface area contributed by atoms with E-state index in [9.17, 15) is 5.11 Å². The summed E-state index contributed by atoms with van der Waals surface area (Å²) < 4.78 is 5.83. The normalized spacial score (nSPS) is 31.7. The van der Waals surface area contributed by atoms with Crippen LogP contribution in [0.2, 0.25) is 0 Å². The van der Waals surface area contributed by atoms with Gasteiger partial charge in [0.2, 0.25) is 0 Å². The SMILES string of the molecule is CC(C)NCC1(CN2CCCC(CCO)C2)CCCOC1. The second kappa shape index (κ2) is 8.47. The molecule has 0 saturated carbocycles. The van der Waals surface area contributed by atoms with E-state index >= 15 is 0 Å². The maximum absolute atomic E-state index is 9.17. The molecule has 2 unspecified atom stereocenters. The van der Waals surface area contributed by atoms with Gasteiger partial charge >= 0.3 is 0 Å². The molecule has 0 aliphatic carbocycles. The van der Waals surface area contributed by atoms with E-state index < -0.39 is 0 Å². The largest absolute Gasteiger partial charge is 0.396 e. The van der Waals surface area contributed by atoms with Gasteiger partial charge in [0.05, 0.1) is 6.61 Å². The van der Waals surface area contributed by atoms with Crippen LogP contribution < -0.4 is 5.32 Å². The Kier molecular flexibility index (Phi) is 6.93. The molecular formula is C17H34N2O2. The monoisotopic (exact) mass is 298 g/mol. The van der Waals surface area contributed by atoms with E-state index in [2.05, 4.69) is 24.1 Å². The van der Waals surface area contributed by atoms with Crippen molar-refractivity contribution in [3.63, 3.8) is 0 Å². The fourth-order valence-electron chi connectivity index (χ4n) is 3.84. The number of aliphatic hydroxyl groups excluding tert-OH is 1. The minimum absolute atomic E-state index is 0.281. The number of rotatable bonds is 7. The number of ether oxygens (including phenoxy) is 1. The third-order valence-electron chi connectivity index (χ3n) is 4.99. The first-order chi connectivity index (χ1) is 10.1. The summed E-state index contributed by atoms with van der Waals surface area (Å²) >= 11 is 0. The number of hydrogen-bond donors (Lipinski definition) is 2. The summed E-state index contributed by atoms with van der Waals surface area (Å²) in [4.78, 5) is 2.63. The van der Waals surface area contributed by atoms with Crippen molar-refractivity contribution < 1.29 is 9.84 Å². The molecule has 2 rings (SSSR count). The van der Waals surface area contributed by atoms with E-state index in [1.54, 1.807) is 0 Å². The average Bonchev–Trinajstić information content (AvgIpc) is 2.47. The number of likely N-dealkylation sites (tertiary alicyclic amines) is 1. The smallest absolute Gasteiger partial charge is 0.0546 e. The Hall–Kier alpha value is -0.160. The van der Waals surface area contributed by atoms with Crippen molar-refractivity contribution in [1.82, 2.24) is 10.2 Å². The Morgan fingerprint density at radius 3 is 2.90 bits per heavy atom. The fraction of sp³-hybridized carbons (Fsp3) is 1.00. The molecule has 21 heavy (non-hydrogen) atoms. The number of nitrogens with zero attached hydrogens (tertiary/aromatic N) is 1. The average molecular weight is 298 g/mol. The van der Waals surface area contributed by atoms with Crippen LogP contribution in [0.25, 0.3) is 0 Å². The van der Waals surface area contributed by atoms with Crippen LogP contribution in [-0.4, -0.2) is 62.0 Å². The standard InChI is InChI=1S/C17H34N2O2/c1-15(2)18-12-17(7-4-10-21-14-17)13-19-8-3-5-16(11-19)6-9-20/h15-16,18,20H,3-14H2,1-2H3. The van der Waals surface area contributed by atoms with Gasteiger partial charge in [-0.05, 0) is 44.6 Å². The molecule has 4 heteroatoms. The molecule has 0 amide bonds. The lowest BCUT2D eigenvalue weighted by Crippen LogP contribution is -2.52. The van der Waals surface area contributed by atoms with Crippen LogP contribution >= 0.6 is 0 Å². The zero-order valence-electron chi connectivity index (χ0n) is 13.9. The molecule has 124 valence electrons. The topological polar surface area (TPSA) is 44.7 Å². The van der Waals surface area contributed by atoms with Crippen LogP contribution in [0.15, 0.2) is 0 Å². The zero-order valence-corrected chi connectivity index (χ0v) is 13.9. The van der Waals surface area contributed by atoms with Crippen LogP contribution in [0.1, 0.15) is 46.0 Å². The highest BCUT2D eigenvalue weighted by Gasteiger charge is 2.36. The van der Waals surface area contributed by atoms with Gasteiger partial charge in [-0.2, -0.15) is 0 Å². The van der Waals surface area contributed by atoms with Gasteiger partial charge in [0.1, 0.15) is 0 Å². The van der Waals surface area contributed by atoms with Crippen molar-refractivity contribution in [2.75, 3.05) is 46.0 Å². The van der Waals surface area contributed by atoms with Crippen molar-refractivity contribution in [3.8, 4) is 0 Å². The molecule has 4 nitrogen and oxygen atoms in total. The Morgan fingerprint density at radius 1 is 1.38 bits per heavy atom. The molecule has 0 spiro atoms. The summed E-state index contributed by atoms with van der Waals surface area (Å²) in [7, 11) is 0. The lowest BCUT2D eigenvalue weighted by Gasteiger charge is -2.43. The summed E-state index contributed by atoms with van der Waals surface area (Å²) in [5.41, 5.74) is 0.281. The number of nitrogens with one attached hydrogen (secondary N) is 1. The summed E-state index contributed by atoms with van der Waals surface area (Å²) in [5, 5.41) is 12.8. The van der Waals surface area contributed by atoms with Crippen LogP contribution in [0.3, 0.4) is 0 Å². The number of aliphatic hydroxyl groups is 1. The van der Waals surface area contributed by atoms with Gasteiger partial charge in [-0.15, -0.1) is 0 Å². The minimum Gasteiger partial charge on any atom is -0.396 e. The van der Waals surface area contributed by atoms with Crippen LogP contribution in [0.5, 0.6) is 0 Å². The Labute approximate surface area is 130 Å². The van der Waals surface area contributed by atoms with E-state index in [-0.39, 0.29) is 5.41 Å². The number of hydrogen-bond acceptors (Lipinski definition) is 4. The van der Waals surface area contributed by atoms with Crippen molar-refractivity contribution in [3.05, 3.63) is 0 Å². The van der Waals surface area contributed by atoms with E-state index in [4.69, 9.17) is 4.74 Å². The van der Waals surface area contributed by atoms with E-state index in [0.717, 1.165) is 39.3 Å². The highest BCUT2D eigenvalue weighted by atomic mass is 16.5. The second-order valence-electron chi connectivity index (χ2n) is 7.45. The minimum atomic E-state index is 0.281. The molecule has 2 atom stereocenters. The van der Waals surface area contributed by atoms with Crippen LogP contribution in [0, 0.1) is 11.3 Å². The van der Waals surface area contributed by atoms with Gasteiger partial charge in [-0.1, -0.05) is 13.8 Å². The predicted molar refractivity (Wildman–Crippen MR) is 86.5 cm³/mol. The molecule has 2 N–H and O–H groups in total. The first-order valence-electron chi connectivity index (χ1n) is 8.78. The van der Waals surface area contributed by atoms with Gasteiger partial charge in [0, 0.05) is 44.3 Å². The highest BCUT2D eigenvalue weighted by Crippen LogP contribution is 2.31. The summed E-state index contributed by atoms with van der Waals surface area (Å²) in [6.45, 7) is 11.2. The first-order valence-corrected chi connectivity index (χ1v) is 8.78. The van der Waals surface area contributed by atoms with Crippen LogP contribution in [0.4, 0.5) is 0 Å². The molecule has 0 aromatic heterocycles. The Morgan fingerprint density at radius 2 is 2.24 bits per heavy atom. The Balaban J connectivity index is 1.90. The van der Waals surface area contributed by atoms with Crippen molar-refractivity contribution in [2.24, 2.45) is 11.3 Å². The maximum atomic E-state index is 9.17. The van der Waals surface area contributed by atoms with E-state index in [1.165, 1.54) is 32.2 Å². The summed E-state index contributed by atoms with van der Waals surface area (Å²) in [6.07, 6.45) is 5.98. The summed E-state index contributed by atoms with van der Waals surface area (Å²) in [6, 6.07) is 0.535. The molecule has 2 fully saturated rings. The fourth-order valence-corrected chi connectivity index (χ4v) is 3.84. The lowest BCUT2D eigenvalue weighted by molar-refractivity contribution is -0.0334. The van der Waals surface area contributed by atoms with Gasteiger partial charge in [-0.25, -0.2) is 0 Å². The molecule has 2 saturated heterocycles. The van der Waals surface area contributed by atoms with Gasteiger partial charge < -0.3 is 20.1 Å². The quantitative estimate of drug-likeness (QED) is 0.753. The van der Waals surface area contributed by atoms with Crippen molar-refractivity contribution >= 4 is 0 Å². The van der Waals surface area contributed by atoms with Crippen molar-refractivity contribution in [2.45, 2.75) is 52.0 Å². The molecule has 2 aliphatic rings. The molecular weight excluding hydrogens is 264 g/mol. The summed E-state index contributed by atoms with van der Waals surface area (Å²) in [5.74, 6) is 0.684. The predicted octanol–water partition coefficient (Wildman–Crippen LogP) is 1.88. The lowest BCUT2D eigenvalue weighted by atomic mass is 9.80. The molecule has 0 radical (unpaired) electrons. The second-order valence-corrected chi connectivity index (χ2v) is 7.45. The third kappa shape index (κ3) is 5.51. The van der Waals surface area contributed by atoms with E-state index in [1.807, 2.05) is 0 Å². The van der Waals surface area contributed by atoms with Gasteiger partial charge in [0.25, 0.3) is 0 Å². The molecule has 2 heterocycles. The molecule has 0 aromatic carbocycles. The first kappa shape index (κ1) is 17.2. The maximum Gasteiger partial charge on any atom is 0.0546 e. The molecule has 0 aromatic rings. The molecule has 2 aliphatic heterocycles. The Bertz CT molecular complexity index is 289.